The molecule has 0 bridgehead atoms. The average molecular weight is 252 g/mol. The summed E-state index contributed by atoms with van der Waals surface area (Å²) < 4.78 is 0. The summed E-state index contributed by atoms with van der Waals surface area (Å²) in [4.78, 5) is 18.1. The summed E-state index contributed by atoms with van der Waals surface area (Å²) in [6, 6.07) is -0.0888. The largest absolute Gasteiger partial charge is 0.394 e. The fourth-order valence-corrected chi connectivity index (χ4v) is 2.11. The van der Waals surface area contributed by atoms with E-state index < -0.39 is 0 Å². The van der Waals surface area contributed by atoms with Crippen LogP contribution < -0.4 is 0 Å². The van der Waals surface area contributed by atoms with Crippen LogP contribution in [0.5, 0.6) is 0 Å². The zero-order chi connectivity index (χ0) is 13.3. The van der Waals surface area contributed by atoms with Crippen molar-refractivity contribution in [1.29, 1.82) is 0 Å². The van der Waals surface area contributed by atoms with Gasteiger partial charge in [-0.05, 0) is 12.8 Å². The van der Waals surface area contributed by atoms with Crippen LogP contribution in [0.15, 0.2) is 0 Å². The number of amides is 1. The van der Waals surface area contributed by atoms with Gasteiger partial charge in [0.05, 0.1) is 12.6 Å². The SMILES string of the molecule is CC(C)(C)c1nc(C(=O)N2CCC[C@H]2CO)n[nH]1. The van der Waals surface area contributed by atoms with Crippen LogP contribution in [0.1, 0.15) is 50.1 Å². The lowest BCUT2D eigenvalue weighted by Crippen LogP contribution is -2.38. The van der Waals surface area contributed by atoms with Gasteiger partial charge in [0.2, 0.25) is 5.82 Å². The molecule has 1 aromatic heterocycles. The van der Waals surface area contributed by atoms with Gasteiger partial charge in [-0.1, -0.05) is 20.8 Å². The van der Waals surface area contributed by atoms with Gasteiger partial charge in [-0.2, -0.15) is 0 Å². The first-order valence-electron chi connectivity index (χ1n) is 6.28. The first-order chi connectivity index (χ1) is 8.43. The second-order valence-corrected chi connectivity index (χ2v) is 5.73. The number of carbonyl (C=O) groups is 1. The lowest BCUT2D eigenvalue weighted by Gasteiger charge is -2.21. The van der Waals surface area contributed by atoms with E-state index in [0.717, 1.165) is 12.8 Å². The molecule has 1 atom stereocenters. The molecule has 1 aliphatic rings. The molecule has 1 aromatic rings. The Labute approximate surface area is 106 Å². The highest BCUT2D eigenvalue weighted by Gasteiger charge is 2.31. The van der Waals surface area contributed by atoms with Gasteiger partial charge in [-0.25, -0.2) is 4.98 Å². The summed E-state index contributed by atoms with van der Waals surface area (Å²) in [7, 11) is 0. The summed E-state index contributed by atoms with van der Waals surface area (Å²) >= 11 is 0. The van der Waals surface area contributed by atoms with Crippen molar-refractivity contribution in [2.75, 3.05) is 13.2 Å². The molecule has 2 rings (SSSR count). The summed E-state index contributed by atoms with van der Waals surface area (Å²) in [6.07, 6.45) is 1.77. The van der Waals surface area contributed by atoms with E-state index in [-0.39, 0.29) is 29.8 Å². The fourth-order valence-electron chi connectivity index (χ4n) is 2.11. The van der Waals surface area contributed by atoms with Crippen molar-refractivity contribution >= 4 is 5.91 Å². The van der Waals surface area contributed by atoms with Gasteiger partial charge in [0, 0.05) is 12.0 Å². The Kier molecular flexibility index (Phi) is 3.38. The molecule has 6 nitrogen and oxygen atoms in total. The quantitative estimate of drug-likeness (QED) is 0.811. The molecule has 1 aliphatic heterocycles. The van der Waals surface area contributed by atoms with Gasteiger partial charge in [-0.15, -0.1) is 5.10 Å². The van der Waals surface area contributed by atoms with E-state index in [1.54, 1.807) is 4.90 Å². The van der Waals surface area contributed by atoms with Crippen molar-refractivity contribution in [3.63, 3.8) is 0 Å². The molecule has 2 heterocycles. The van der Waals surface area contributed by atoms with Gasteiger partial charge in [0.25, 0.3) is 5.91 Å². The van der Waals surface area contributed by atoms with Crippen molar-refractivity contribution < 1.29 is 9.90 Å². The number of aromatic nitrogens is 3. The van der Waals surface area contributed by atoms with Crippen LogP contribution >= 0.6 is 0 Å². The number of aliphatic hydroxyl groups excluding tert-OH is 1. The first kappa shape index (κ1) is 13.0. The number of carbonyl (C=O) groups excluding carboxylic acids is 1. The number of hydrogen-bond acceptors (Lipinski definition) is 4. The third-order valence-electron chi connectivity index (χ3n) is 3.24. The molecule has 2 N–H and O–H groups in total. The van der Waals surface area contributed by atoms with E-state index in [0.29, 0.717) is 12.4 Å². The van der Waals surface area contributed by atoms with Gasteiger partial charge >= 0.3 is 0 Å². The molecule has 1 fully saturated rings. The van der Waals surface area contributed by atoms with Gasteiger partial charge in [0.1, 0.15) is 5.82 Å². The number of likely N-dealkylation sites (tertiary alicyclic amines) is 1. The van der Waals surface area contributed by atoms with Crippen molar-refractivity contribution in [3.8, 4) is 0 Å². The van der Waals surface area contributed by atoms with Crippen molar-refractivity contribution in [3.05, 3.63) is 11.6 Å². The van der Waals surface area contributed by atoms with E-state index in [1.165, 1.54) is 0 Å². The number of nitrogens with one attached hydrogen (secondary N) is 1. The molecule has 0 aliphatic carbocycles. The molecule has 6 heteroatoms. The van der Waals surface area contributed by atoms with Crippen LogP contribution in [0.3, 0.4) is 0 Å². The number of rotatable bonds is 2. The second-order valence-electron chi connectivity index (χ2n) is 5.73. The number of hydrogen-bond donors (Lipinski definition) is 2. The topological polar surface area (TPSA) is 82.1 Å². The average Bonchev–Trinajstić information content (AvgIpc) is 2.96. The zero-order valence-electron chi connectivity index (χ0n) is 11.1. The van der Waals surface area contributed by atoms with Crippen LogP contribution in [0.25, 0.3) is 0 Å². The van der Waals surface area contributed by atoms with Gasteiger partial charge < -0.3 is 10.0 Å². The maximum Gasteiger partial charge on any atom is 0.293 e. The monoisotopic (exact) mass is 252 g/mol. The molecule has 100 valence electrons. The molecule has 0 spiro atoms. The lowest BCUT2D eigenvalue weighted by molar-refractivity contribution is 0.0665. The van der Waals surface area contributed by atoms with Crippen LogP contribution in [-0.4, -0.2) is 50.3 Å². The summed E-state index contributed by atoms with van der Waals surface area (Å²) in [6.45, 7) is 6.70. The smallest absolute Gasteiger partial charge is 0.293 e. The Balaban J connectivity index is 2.16. The van der Waals surface area contributed by atoms with E-state index in [9.17, 15) is 9.90 Å². The third-order valence-corrected chi connectivity index (χ3v) is 3.24. The zero-order valence-corrected chi connectivity index (χ0v) is 11.1. The van der Waals surface area contributed by atoms with E-state index in [1.807, 2.05) is 20.8 Å². The van der Waals surface area contributed by atoms with E-state index in [2.05, 4.69) is 15.2 Å². The maximum atomic E-state index is 12.2. The minimum atomic E-state index is -0.196. The molecule has 1 amide bonds. The van der Waals surface area contributed by atoms with Crippen molar-refractivity contribution in [2.24, 2.45) is 0 Å². The van der Waals surface area contributed by atoms with Gasteiger partial charge in [0.15, 0.2) is 0 Å². The molecule has 1 saturated heterocycles. The summed E-state index contributed by atoms with van der Waals surface area (Å²) in [5.41, 5.74) is -0.160. The Morgan fingerprint density at radius 3 is 2.83 bits per heavy atom. The first-order valence-corrected chi connectivity index (χ1v) is 6.28. The van der Waals surface area contributed by atoms with Crippen LogP contribution in [0.2, 0.25) is 0 Å². The van der Waals surface area contributed by atoms with Crippen molar-refractivity contribution in [1.82, 2.24) is 20.1 Å². The Morgan fingerprint density at radius 2 is 2.28 bits per heavy atom. The lowest BCUT2D eigenvalue weighted by atomic mass is 9.96. The standard InChI is InChI=1S/C12H20N4O2/c1-12(2,3)11-13-9(14-15-11)10(18)16-6-4-5-8(16)7-17/h8,17H,4-7H2,1-3H3,(H,13,14,15)/t8-/m0/s1. The predicted molar refractivity (Wildman–Crippen MR) is 66.2 cm³/mol. The fraction of sp³-hybridized carbons (Fsp3) is 0.750. The highest BCUT2D eigenvalue weighted by Crippen LogP contribution is 2.21. The number of H-pyrrole nitrogens is 1. The maximum absolute atomic E-state index is 12.2. The van der Waals surface area contributed by atoms with E-state index in [4.69, 9.17) is 0 Å². The number of aromatic amines is 1. The minimum absolute atomic E-state index is 0.00227. The third kappa shape index (κ3) is 2.38. The Hall–Kier alpha value is -1.43. The molecule has 0 aromatic carbocycles. The highest BCUT2D eigenvalue weighted by atomic mass is 16.3. The van der Waals surface area contributed by atoms with Crippen LogP contribution in [0, 0.1) is 0 Å². The molecule has 0 saturated carbocycles. The minimum Gasteiger partial charge on any atom is -0.394 e. The molecule has 18 heavy (non-hydrogen) atoms. The molecule has 0 radical (unpaired) electrons. The molecular weight excluding hydrogens is 232 g/mol. The number of aliphatic hydroxyl groups is 1. The summed E-state index contributed by atoms with van der Waals surface area (Å²) in [5, 5.41) is 16.0. The Bertz CT molecular complexity index is 436. The van der Waals surface area contributed by atoms with Crippen molar-refractivity contribution in [2.45, 2.75) is 45.1 Å². The second kappa shape index (κ2) is 4.68. The molecular formula is C12H20N4O2. The number of nitrogens with zero attached hydrogens (tertiary/aromatic N) is 3. The van der Waals surface area contributed by atoms with Gasteiger partial charge in [-0.3, -0.25) is 9.89 Å². The van der Waals surface area contributed by atoms with E-state index >= 15 is 0 Å². The summed E-state index contributed by atoms with van der Waals surface area (Å²) in [5.74, 6) is 0.698. The molecule has 0 unspecified atom stereocenters. The van der Waals surface area contributed by atoms with Crippen LogP contribution in [0.4, 0.5) is 0 Å². The predicted octanol–water partition coefficient (Wildman–Crippen LogP) is 0.699. The highest BCUT2D eigenvalue weighted by molar-refractivity contribution is 5.90. The Morgan fingerprint density at radius 1 is 1.56 bits per heavy atom. The normalized spacial score (nSPS) is 20.4. The van der Waals surface area contributed by atoms with Crippen LogP contribution in [-0.2, 0) is 5.41 Å².